The lowest BCUT2D eigenvalue weighted by atomic mass is 10.5. The molecule has 1 aromatic rings. The van der Waals surface area contributed by atoms with Crippen molar-refractivity contribution in [3.63, 3.8) is 0 Å². The van der Waals surface area contributed by atoms with Crippen LogP contribution in [0, 0.1) is 5.95 Å². The maximum absolute atomic E-state index is 12.6. The van der Waals surface area contributed by atoms with Crippen LogP contribution in [0.2, 0.25) is 0 Å². The van der Waals surface area contributed by atoms with Gasteiger partial charge in [-0.1, -0.05) is 0 Å². The number of nitrogens with zero attached hydrogens (tertiary/aromatic N) is 2. The minimum atomic E-state index is -0.548. The number of nitrogens with one attached hydrogen (secondary N) is 1. The van der Waals surface area contributed by atoms with E-state index in [1.807, 2.05) is 0 Å². The van der Waals surface area contributed by atoms with Crippen LogP contribution >= 0.6 is 0 Å². The second kappa shape index (κ2) is 7.08. The molecule has 1 aromatic heterocycles. The molecule has 5 nitrogen and oxygen atoms in total. The molecule has 0 fully saturated rings. The van der Waals surface area contributed by atoms with E-state index in [9.17, 15) is 4.39 Å². The van der Waals surface area contributed by atoms with Gasteiger partial charge in [-0.05, 0) is 0 Å². The molecule has 0 aliphatic carbocycles. The Morgan fingerprint density at radius 2 is 2.20 bits per heavy atom. The van der Waals surface area contributed by atoms with Gasteiger partial charge in [0.15, 0.2) is 0 Å². The number of hydrogen-bond donors (Lipinski definition) is 1. The number of methoxy groups -OCH3 is 1. The van der Waals surface area contributed by atoms with E-state index in [4.69, 9.17) is 9.47 Å². The van der Waals surface area contributed by atoms with Crippen molar-refractivity contribution >= 4 is 5.82 Å². The van der Waals surface area contributed by atoms with Crippen molar-refractivity contribution in [2.24, 2.45) is 0 Å². The van der Waals surface area contributed by atoms with Gasteiger partial charge in [-0.2, -0.15) is 4.39 Å². The first-order chi connectivity index (χ1) is 7.33. The number of anilines is 1. The van der Waals surface area contributed by atoms with Gasteiger partial charge in [-0.15, -0.1) is 0 Å². The zero-order valence-electron chi connectivity index (χ0n) is 8.57. The third kappa shape index (κ3) is 5.24. The summed E-state index contributed by atoms with van der Waals surface area (Å²) in [4.78, 5) is 7.17. The summed E-state index contributed by atoms with van der Waals surface area (Å²) >= 11 is 0. The van der Waals surface area contributed by atoms with Gasteiger partial charge in [-0.25, -0.2) is 9.97 Å². The smallest absolute Gasteiger partial charge is 0.217 e. The fourth-order valence-electron chi connectivity index (χ4n) is 0.926. The van der Waals surface area contributed by atoms with Crippen LogP contribution in [0.4, 0.5) is 10.2 Å². The molecule has 0 aliphatic heterocycles. The molecule has 1 heterocycles. The second-order valence-corrected chi connectivity index (χ2v) is 2.76. The molecule has 0 bridgehead atoms. The Kier molecular flexibility index (Phi) is 5.57. The van der Waals surface area contributed by atoms with Crippen molar-refractivity contribution in [2.75, 3.05) is 38.8 Å². The Balaban J connectivity index is 2.10. The molecule has 15 heavy (non-hydrogen) atoms. The van der Waals surface area contributed by atoms with E-state index in [-0.39, 0.29) is 0 Å². The van der Waals surface area contributed by atoms with Gasteiger partial charge in [0.05, 0.1) is 19.8 Å². The quantitative estimate of drug-likeness (QED) is 0.535. The molecule has 6 heteroatoms. The van der Waals surface area contributed by atoms with Gasteiger partial charge in [0.1, 0.15) is 12.1 Å². The fourth-order valence-corrected chi connectivity index (χ4v) is 0.926. The molecule has 0 aliphatic rings. The van der Waals surface area contributed by atoms with Crippen LogP contribution in [-0.2, 0) is 9.47 Å². The Bertz CT molecular complexity index is 286. The molecule has 0 radical (unpaired) electrons. The van der Waals surface area contributed by atoms with Crippen molar-refractivity contribution in [2.45, 2.75) is 0 Å². The van der Waals surface area contributed by atoms with Gasteiger partial charge in [0, 0.05) is 19.7 Å². The van der Waals surface area contributed by atoms with Crippen LogP contribution < -0.4 is 5.32 Å². The first kappa shape index (κ1) is 11.8. The molecular formula is C9H14FN3O2. The normalized spacial score (nSPS) is 10.3. The molecule has 84 valence electrons. The van der Waals surface area contributed by atoms with Gasteiger partial charge in [-0.3, -0.25) is 0 Å². The highest BCUT2D eigenvalue weighted by Gasteiger charge is 1.96. The van der Waals surface area contributed by atoms with E-state index in [2.05, 4.69) is 15.3 Å². The molecular weight excluding hydrogens is 201 g/mol. The monoisotopic (exact) mass is 215 g/mol. The van der Waals surface area contributed by atoms with Crippen molar-refractivity contribution in [3.05, 3.63) is 18.3 Å². The van der Waals surface area contributed by atoms with E-state index in [0.29, 0.717) is 32.2 Å². The van der Waals surface area contributed by atoms with E-state index < -0.39 is 5.95 Å². The number of hydrogen-bond acceptors (Lipinski definition) is 5. The molecule has 1 N–H and O–H groups in total. The lowest BCUT2D eigenvalue weighted by Crippen LogP contribution is -2.12. The largest absolute Gasteiger partial charge is 0.382 e. The highest BCUT2D eigenvalue weighted by molar-refractivity contribution is 5.31. The molecule has 0 unspecified atom stereocenters. The summed E-state index contributed by atoms with van der Waals surface area (Å²) in [7, 11) is 1.62. The molecule has 0 spiro atoms. The van der Waals surface area contributed by atoms with Crippen LogP contribution in [0.25, 0.3) is 0 Å². The van der Waals surface area contributed by atoms with Gasteiger partial charge >= 0.3 is 0 Å². The highest BCUT2D eigenvalue weighted by atomic mass is 19.1. The highest BCUT2D eigenvalue weighted by Crippen LogP contribution is 2.00. The van der Waals surface area contributed by atoms with Crippen molar-refractivity contribution in [1.29, 1.82) is 0 Å². The molecule has 0 saturated carbocycles. The summed E-state index contributed by atoms with van der Waals surface area (Å²) < 4.78 is 22.6. The van der Waals surface area contributed by atoms with E-state index in [1.165, 1.54) is 12.4 Å². The number of ether oxygens (including phenoxy) is 2. The van der Waals surface area contributed by atoms with Crippen LogP contribution in [0.1, 0.15) is 0 Å². The zero-order valence-corrected chi connectivity index (χ0v) is 8.57. The van der Waals surface area contributed by atoms with E-state index in [1.54, 1.807) is 7.11 Å². The average molecular weight is 215 g/mol. The first-order valence-corrected chi connectivity index (χ1v) is 4.61. The molecule has 0 amide bonds. The maximum Gasteiger partial charge on any atom is 0.217 e. The second-order valence-electron chi connectivity index (χ2n) is 2.76. The summed E-state index contributed by atoms with van der Waals surface area (Å²) in [6.07, 6.45) is 1.17. The summed E-state index contributed by atoms with van der Waals surface area (Å²) in [6.45, 7) is 2.22. The predicted octanol–water partition coefficient (Wildman–Crippen LogP) is 0.691. The third-order valence-corrected chi connectivity index (χ3v) is 1.62. The number of rotatable bonds is 7. The van der Waals surface area contributed by atoms with Gasteiger partial charge < -0.3 is 14.8 Å². The number of halogens is 1. The number of aromatic nitrogens is 2. The molecule has 0 atom stereocenters. The standard InChI is InChI=1S/C9H14FN3O2/c1-14-4-5-15-3-2-11-9-6-8(10)12-7-13-9/h6-7H,2-5H2,1H3,(H,11,12,13). The molecule has 1 rings (SSSR count). The van der Waals surface area contributed by atoms with Crippen LogP contribution in [0.15, 0.2) is 12.4 Å². The van der Waals surface area contributed by atoms with E-state index >= 15 is 0 Å². The zero-order chi connectivity index (χ0) is 10.9. The first-order valence-electron chi connectivity index (χ1n) is 4.61. The van der Waals surface area contributed by atoms with Crippen LogP contribution in [0.3, 0.4) is 0 Å². The van der Waals surface area contributed by atoms with E-state index in [0.717, 1.165) is 0 Å². The Morgan fingerprint density at radius 1 is 1.33 bits per heavy atom. The summed E-state index contributed by atoms with van der Waals surface area (Å²) in [5.41, 5.74) is 0. The van der Waals surface area contributed by atoms with Crippen molar-refractivity contribution < 1.29 is 13.9 Å². The van der Waals surface area contributed by atoms with Crippen molar-refractivity contribution in [1.82, 2.24) is 9.97 Å². The topological polar surface area (TPSA) is 56.3 Å². The maximum atomic E-state index is 12.6. The average Bonchev–Trinajstić information content (AvgIpc) is 2.23. The van der Waals surface area contributed by atoms with Gasteiger partial charge in [0.25, 0.3) is 0 Å². The van der Waals surface area contributed by atoms with Crippen LogP contribution in [0.5, 0.6) is 0 Å². The molecule has 0 saturated heterocycles. The third-order valence-electron chi connectivity index (χ3n) is 1.62. The summed E-state index contributed by atoms with van der Waals surface area (Å²) in [5.74, 6) is -0.0920. The summed E-state index contributed by atoms with van der Waals surface area (Å²) in [6, 6.07) is 1.23. The Labute approximate surface area is 87.6 Å². The Morgan fingerprint density at radius 3 is 2.93 bits per heavy atom. The lowest BCUT2D eigenvalue weighted by molar-refractivity contribution is 0.0759. The SMILES string of the molecule is COCCOCCNc1cc(F)ncn1. The Hall–Kier alpha value is -1.27. The predicted molar refractivity (Wildman–Crippen MR) is 53.2 cm³/mol. The molecule has 0 aromatic carbocycles. The van der Waals surface area contributed by atoms with Gasteiger partial charge in [0.2, 0.25) is 5.95 Å². The fraction of sp³-hybridized carbons (Fsp3) is 0.556. The lowest BCUT2D eigenvalue weighted by Gasteiger charge is -2.05. The minimum absolute atomic E-state index is 0.456. The van der Waals surface area contributed by atoms with Crippen LogP contribution in [-0.4, -0.2) is 43.4 Å². The minimum Gasteiger partial charge on any atom is -0.382 e. The summed E-state index contributed by atoms with van der Waals surface area (Å²) in [5, 5.41) is 2.91. The van der Waals surface area contributed by atoms with Crippen molar-refractivity contribution in [3.8, 4) is 0 Å².